The van der Waals surface area contributed by atoms with E-state index in [0.717, 1.165) is 27.5 Å². The third kappa shape index (κ3) is 4.27. The maximum atomic E-state index is 13.1. The lowest BCUT2D eigenvalue weighted by molar-refractivity contribution is 0.101. The topological polar surface area (TPSA) is 102 Å². The second-order valence-corrected chi connectivity index (χ2v) is 8.15. The molecule has 4 aromatic rings. The van der Waals surface area contributed by atoms with Crippen molar-refractivity contribution in [3.63, 3.8) is 0 Å². The summed E-state index contributed by atoms with van der Waals surface area (Å²) >= 11 is 3.40. The maximum Gasteiger partial charge on any atom is 0.439 e. The van der Waals surface area contributed by atoms with Gasteiger partial charge in [-0.15, -0.1) is 0 Å². The van der Waals surface area contributed by atoms with Gasteiger partial charge in [0.1, 0.15) is 11.4 Å². The van der Waals surface area contributed by atoms with Gasteiger partial charge < -0.3 is 14.6 Å². The first-order valence-electron chi connectivity index (χ1n) is 9.79. The molecule has 0 saturated heterocycles. The number of nitrogens with zero attached hydrogens (tertiary/aromatic N) is 2. The van der Waals surface area contributed by atoms with Crippen molar-refractivity contribution in [2.75, 3.05) is 5.32 Å². The number of aryl methyl sites for hydroxylation is 1. The summed E-state index contributed by atoms with van der Waals surface area (Å²) in [6, 6.07) is 12.9. The number of carbonyl (C=O) groups is 1. The Hall–Kier alpha value is -3.33. The van der Waals surface area contributed by atoms with Gasteiger partial charge >= 0.3 is 5.76 Å². The summed E-state index contributed by atoms with van der Waals surface area (Å²) in [6.45, 7) is 4.09. The average molecular weight is 485 g/mol. The van der Waals surface area contributed by atoms with E-state index in [4.69, 9.17) is 4.74 Å². The molecule has 2 heterocycles. The van der Waals surface area contributed by atoms with Crippen LogP contribution in [0.2, 0.25) is 0 Å². The van der Waals surface area contributed by atoms with Crippen LogP contribution in [0.25, 0.3) is 22.3 Å². The van der Waals surface area contributed by atoms with E-state index in [2.05, 4.69) is 42.8 Å². The predicted molar refractivity (Wildman–Crippen MR) is 122 cm³/mol. The highest BCUT2D eigenvalue weighted by atomic mass is 79.9. The number of anilines is 1. The van der Waals surface area contributed by atoms with E-state index in [1.807, 2.05) is 42.8 Å². The van der Waals surface area contributed by atoms with E-state index in [1.165, 1.54) is 0 Å². The molecule has 0 fully saturated rings. The lowest BCUT2D eigenvalue weighted by atomic mass is 10.1. The first-order chi connectivity index (χ1) is 14.9. The minimum absolute atomic E-state index is 0.110. The van der Waals surface area contributed by atoms with E-state index in [1.54, 1.807) is 18.2 Å². The molecule has 1 unspecified atom stereocenters. The number of fused-ring (bicyclic) bond motifs is 1. The number of amides is 1. The van der Waals surface area contributed by atoms with Crippen molar-refractivity contribution in [2.24, 2.45) is 7.05 Å². The highest BCUT2D eigenvalue weighted by Crippen LogP contribution is 2.30. The van der Waals surface area contributed by atoms with Gasteiger partial charge in [-0.3, -0.25) is 14.3 Å². The Bertz CT molecular complexity index is 1320. The fourth-order valence-electron chi connectivity index (χ4n) is 3.27. The minimum Gasteiger partial charge on any atom is -0.491 e. The Morgan fingerprint density at radius 1 is 1.29 bits per heavy atom. The van der Waals surface area contributed by atoms with Crippen molar-refractivity contribution in [3.05, 3.63) is 63.2 Å². The third-order valence-corrected chi connectivity index (χ3v) is 5.58. The molecule has 8 nitrogen and oxygen atoms in total. The average Bonchev–Trinajstić information content (AvgIpc) is 3.32. The molecule has 0 radical (unpaired) electrons. The summed E-state index contributed by atoms with van der Waals surface area (Å²) in [6.07, 6.45) is 1.02. The van der Waals surface area contributed by atoms with Crippen molar-refractivity contribution >= 4 is 38.4 Å². The van der Waals surface area contributed by atoms with Crippen LogP contribution in [0.3, 0.4) is 0 Å². The van der Waals surface area contributed by atoms with E-state index in [-0.39, 0.29) is 17.8 Å². The number of benzene rings is 2. The standard InChI is InChI=1S/C22H21BrN4O4/c1-4-12(2)30-15-7-5-13-9-19(27(3)18(13)11-15)21(28)24-17-8-6-14(23)10-16(17)20-25-22(29)31-26-20/h5-12H,4H2,1-3H3,(H,24,28)(H,25,26,29). The summed E-state index contributed by atoms with van der Waals surface area (Å²) in [5.74, 6) is 0.0273. The van der Waals surface area contributed by atoms with Crippen LogP contribution in [-0.2, 0) is 7.05 Å². The molecular formula is C22H21BrN4O4. The van der Waals surface area contributed by atoms with Gasteiger partial charge in [-0.05, 0) is 49.7 Å². The molecule has 160 valence electrons. The number of carbonyl (C=O) groups excluding carboxylic acids is 1. The lowest BCUT2D eigenvalue weighted by Crippen LogP contribution is -2.16. The van der Waals surface area contributed by atoms with E-state index in [0.29, 0.717) is 16.9 Å². The van der Waals surface area contributed by atoms with Crippen molar-refractivity contribution in [1.29, 1.82) is 0 Å². The van der Waals surface area contributed by atoms with Crippen molar-refractivity contribution in [2.45, 2.75) is 26.4 Å². The van der Waals surface area contributed by atoms with Gasteiger partial charge in [0.2, 0.25) is 0 Å². The highest BCUT2D eigenvalue weighted by molar-refractivity contribution is 9.10. The molecule has 0 bridgehead atoms. The van der Waals surface area contributed by atoms with Gasteiger partial charge in [0.15, 0.2) is 5.82 Å². The van der Waals surface area contributed by atoms with Crippen molar-refractivity contribution in [3.8, 4) is 17.1 Å². The summed E-state index contributed by atoms with van der Waals surface area (Å²) in [5.41, 5.74) is 2.39. The molecule has 2 aromatic carbocycles. The van der Waals surface area contributed by atoms with Gasteiger partial charge in [0.05, 0.1) is 17.3 Å². The number of rotatable bonds is 6. The van der Waals surface area contributed by atoms with Crippen LogP contribution in [0.4, 0.5) is 5.69 Å². The molecule has 0 saturated carbocycles. The SMILES string of the molecule is CCC(C)Oc1ccc2cc(C(=O)Nc3ccc(Br)cc3-c3noc(=O)[nH]3)n(C)c2c1. The third-order valence-electron chi connectivity index (χ3n) is 5.09. The van der Waals surface area contributed by atoms with Crippen LogP contribution >= 0.6 is 15.9 Å². The summed E-state index contributed by atoms with van der Waals surface area (Å²) in [7, 11) is 1.84. The molecule has 0 aliphatic carbocycles. The first-order valence-corrected chi connectivity index (χ1v) is 10.6. The van der Waals surface area contributed by atoms with Crippen LogP contribution in [0.15, 0.2) is 56.3 Å². The van der Waals surface area contributed by atoms with Crippen LogP contribution in [0, 0.1) is 0 Å². The summed E-state index contributed by atoms with van der Waals surface area (Å²) < 4.78 is 13.1. The zero-order valence-electron chi connectivity index (χ0n) is 17.2. The molecule has 2 aromatic heterocycles. The summed E-state index contributed by atoms with van der Waals surface area (Å²) in [4.78, 5) is 27.0. The molecule has 31 heavy (non-hydrogen) atoms. The fraction of sp³-hybridized carbons (Fsp3) is 0.227. The zero-order chi connectivity index (χ0) is 22.1. The predicted octanol–water partition coefficient (Wildman–Crippen LogP) is 4.71. The molecule has 4 rings (SSSR count). The first kappa shape index (κ1) is 20.9. The monoisotopic (exact) mass is 484 g/mol. The molecular weight excluding hydrogens is 464 g/mol. The molecule has 9 heteroatoms. The zero-order valence-corrected chi connectivity index (χ0v) is 18.8. The number of halogens is 1. The Morgan fingerprint density at radius 3 is 2.81 bits per heavy atom. The van der Waals surface area contributed by atoms with E-state index < -0.39 is 5.76 Å². The number of nitrogens with one attached hydrogen (secondary N) is 2. The normalized spacial score (nSPS) is 12.1. The molecule has 1 atom stereocenters. The maximum absolute atomic E-state index is 13.1. The van der Waals surface area contributed by atoms with Gasteiger partial charge in [-0.2, -0.15) is 0 Å². The molecule has 0 aliphatic rings. The smallest absolute Gasteiger partial charge is 0.439 e. The second kappa shape index (κ2) is 8.43. The molecule has 0 spiro atoms. The minimum atomic E-state index is -0.670. The molecule has 1 amide bonds. The lowest BCUT2D eigenvalue weighted by Gasteiger charge is -2.13. The van der Waals surface area contributed by atoms with Crippen LogP contribution in [-0.4, -0.2) is 26.7 Å². The fourth-order valence-corrected chi connectivity index (χ4v) is 3.63. The van der Waals surface area contributed by atoms with Gasteiger partial charge in [0, 0.05) is 28.5 Å². The Labute approximate surface area is 186 Å². The van der Waals surface area contributed by atoms with Crippen molar-refractivity contribution < 1.29 is 14.1 Å². The van der Waals surface area contributed by atoms with Crippen LogP contribution in [0.5, 0.6) is 5.75 Å². The highest BCUT2D eigenvalue weighted by Gasteiger charge is 2.18. The number of ether oxygens (including phenoxy) is 1. The summed E-state index contributed by atoms with van der Waals surface area (Å²) in [5, 5.41) is 7.56. The molecule has 0 aliphatic heterocycles. The van der Waals surface area contributed by atoms with Crippen molar-refractivity contribution in [1.82, 2.24) is 14.7 Å². The Morgan fingerprint density at radius 2 is 2.10 bits per heavy atom. The number of hydrogen-bond donors (Lipinski definition) is 2. The van der Waals surface area contributed by atoms with Crippen LogP contribution < -0.4 is 15.8 Å². The molecule has 2 N–H and O–H groups in total. The van der Waals surface area contributed by atoms with Gasteiger partial charge in [-0.25, -0.2) is 4.79 Å². The van der Waals surface area contributed by atoms with E-state index >= 15 is 0 Å². The second-order valence-electron chi connectivity index (χ2n) is 7.23. The number of aromatic nitrogens is 3. The van der Waals surface area contributed by atoms with Gasteiger partial charge in [-0.1, -0.05) is 28.0 Å². The Balaban J connectivity index is 1.66. The largest absolute Gasteiger partial charge is 0.491 e. The Kier molecular flexibility index (Phi) is 5.69. The van der Waals surface area contributed by atoms with E-state index in [9.17, 15) is 9.59 Å². The number of aromatic amines is 1. The number of H-pyrrole nitrogens is 1. The number of hydrogen-bond acceptors (Lipinski definition) is 5. The quantitative estimate of drug-likeness (QED) is 0.412. The van der Waals surface area contributed by atoms with Gasteiger partial charge in [0.25, 0.3) is 5.91 Å². The van der Waals surface area contributed by atoms with Crippen LogP contribution in [0.1, 0.15) is 30.8 Å².